The second-order valence-corrected chi connectivity index (χ2v) is 4.57. The molecular formula is C14H22ClNO. The fourth-order valence-corrected chi connectivity index (χ4v) is 1.67. The Morgan fingerprint density at radius 2 is 1.88 bits per heavy atom. The SMILES string of the molecule is CCCCCNCCOCc1ccc(Cl)cc1. The number of nitrogens with one attached hydrogen (secondary N) is 1. The van der Waals surface area contributed by atoms with Crippen molar-refractivity contribution in [1.29, 1.82) is 0 Å². The molecule has 0 aliphatic heterocycles. The van der Waals surface area contributed by atoms with E-state index in [9.17, 15) is 0 Å². The molecule has 0 saturated heterocycles. The number of ether oxygens (including phenoxy) is 1. The van der Waals surface area contributed by atoms with Gasteiger partial charge in [-0.05, 0) is 30.7 Å². The van der Waals surface area contributed by atoms with Crippen molar-refractivity contribution in [3.63, 3.8) is 0 Å². The number of unbranched alkanes of at least 4 members (excludes halogenated alkanes) is 2. The van der Waals surface area contributed by atoms with Crippen molar-refractivity contribution in [2.24, 2.45) is 0 Å². The maximum atomic E-state index is 5.81. The lowest BCUT2D eigenvalue weighted by Crippen LogP contribution is -2.20. The number of hydrogen-bond donors (Lipinski definition) is 1. The Hall–Kier alpha value is -0.570. The minimum absolute atomic E-state index is 0.661. The molecule has 0 heterocycles. The highest BCUT2D eigenvalue weighted by Crippen LogP contribution is 2.09. The van der Waals surface area contributed by atoms with E-state index in [0.717, 1.165) is 24.7 Å². The smallest absolute Gasteiger partial charge is 0.0717 e. The summed E-state index contributed by atoms with van der Waals surface area (Å²) in [5, 5.41) is 4.14. The van der Waals surface area contributed by atoms with E-state index in [1.807, 2.05) is 24.3 Å². The van der Waals surface area contributed by atoms with Gasteiger partial charge in [-0.3, -0.25) is 0 Å². The molecule has 1 N–H and O–H groups in total. The number of halogens is 1. The molecule has 0 saturated carbocycles. The molecule has 3 heteroatoms. The summed E-state index contributed by atoms with van der Waals surface area (Å²) in [4.78, 5) is 0. The highest BCUT2D eigenvalue weighted by Gasteiger charge is 1.93. The maximum absolute atomic E-state index is 5.81. The molecule has 0 amide bonds. The minimum atomic E-state index is 0.661. The van der Waals surface area contributed by atoms with Gasteiger partial charge in [0.25, 0.3) is 0 Å². The summed E-state index contributed by atoms with van der Waals surface area (Å²) in [7, 11) is 0. The fraction of sp³-hybridized carbons (Fsp3) is 0.571. The molecular weight excluding hydrogens is 234 g/mol. The average Bonchev–Trinajstić information content (AvgIpc) is 2.35. The van der Waals surface area contributed by atoms with Gasteiger partial charge in [0, 0.05) is 11.6 Å². The molecule has 0 radical (unpaired) electrons. The molecule has 2 nitrogen and oxygen atoms in total. The van der Waals surface area contributed by atoms with Crippen molar-refractivity contribution >= 4 is 11.6 Å². The van der Waals surface area contributed by atoms with Crippen LogP contribution < -0.4 is 5.32 Å². The third-order valence-electron chi connectivity index (χ3n) is 2.56. The summed E-state index contributed by atoms with van der Waals surface area (Å²) in [5.41, 5.74) is 1.17. The van der Waals surface area contributed by atoms with Crippen LogP contribution in [0.25, 0.3) is 0 Å². The van der Waals surface area contributed by atoms with E-state index < -0.39 is 0 Å². The molecule has 0 fully saturated rings. The Balaban J connectivity index is 1.95. The quantitative estimate of drug-likeness (QED) is 0.681. The second kappa shape index (κ2) is 9.46. The summed E-state index contributed by atoms with van der Waals surface area (Å²) in [6, 6.07) is 7.78. The standard InChI is InChI=1S/C14H22ClNO/c1-2-3-4-9-16-10-11-17-12-13-5-7-14(15)8-6-13/h5-8,16H,2-4,9-12H2,1H3. The van der Waals surface area contributed by atoms with Crippen molar-refractivity contribution in [1.82, 2.24) is 5.32 Å². The molecule has 96 valence electrons. The summed E-state index contributed by atoms with van der Waals surface area (Å²) >= 11 is 5.81. The van der Waals surface area contributed by atoms with Crippen molar-refractivity contribution in [2.45, 2.75) is 32.8 Å². The van der Waals surface area contributed by atoms with E-state index in [1.165, 1.54) is 24.8 Å². The lowest BCUT2D eigenvalue weighted by atomic mass is 10.2. The zero-order valence-electron chi connectivity index (χ0n) is 10.5. The lowest BCUT2D eigenvalue weighted by molar-refractivity contribution is 0.123. The van der Waals surface area contributed by atoms with Gasteiger partial charge in [0.15, 0.2) is 0 Å². The zero-order valence-corrected chi connectivity index (χ0v) is 11.3. The highest BCUT2D eigenvalue weighted by atomic mass is 35.5. The molecule has 1 aromatic rings. The third kappa shape index (κ3) is 7.37. The van der Waals surface area contributed by atoms with Crippen molar-refractivity contribution in [3.8, 4) is 0 Å². The largest absolute Gasteiger partial charge is 0.375 e. The van der Waals surface area contributed by atoms with Gasteiger partial charge < -0.3 is 10.1 Å². The molecule has 1 aromatic carbocycles. The molecule has 17 heavy (non-hydrogen) atoms. The average molecular weight is 256 g/mol. The first-order valence-electron chi connectivity index (χ1n) is 6.36. The van der Waals surface area contributed by atoms with E-state index in [1.54, 1.807) is 0 Å². The Morgan fingerprint density at radius 3 is 2.59 bits per heavy atom. The first-order chi connectivity index (χ1) is 8.33. The first kappa shape index (κ1) is 14.5. The lowest BCUT2D eigenvalue weighted by Gasteiger charge is -2.06. The van der Waals surface area contributed by atoms with Crippen LogP contribution in [0.5, 0.6) is 0 Å². The van der Waals surface area contributed by atoms with E-state index in [4.69, 9.17) is 16.3 Å². The Labute approximate surface area is 109 Å². The predicted molar refractivity (Wildman–Crippen MR) is 73.5 cm³/mol. The monoisotopic (exact) mass is 255 g/mol. The first-order valence-corrected chi connectivity index (χ1v) is 6.73. The van der Waals surface area contributed by atoms with Crippen LogP contribution >= 0.6 is 11.6 Å². The number of benzene rings is 1. The molecule has 0 aromatic heterocycles. The summed E-state index contributed by atoms with van der Waals surface area (Å²) in [5.74, 6) is 0. The number of hydrogen-bond acceptors (Lipinski definition) is 2. The van der Waals surface area contributed by atoms with Crippen LogP contribution in [0, 0.1) is 0 Å². The summed E-state index contributed by atoms with van der Waals surface area (Å²) in [6.45, 7) is 5.66. The van der Waals surface area contributed by atoms with E-state index in [-0.39, 0.29) is 0 Å². The fourth-order valence-electron chi connectivity index (χ4n) is 1.54. The van der Waals surface area contributed by atoms with E-state index in [2.05, 4.69) is 12.2 Å². The Bertz CT molecular complexity index is 287. The van der Waals surface area contributed by atoms with Gasteiger partial charge in [0.05, 0.1) is 13.2 Å². The van der Waals surface area contributed by atoms with Crippen LogP contribution in [0.15, 0.2) is 24.3 Å². The van der Waals surface area contributed by atoms with Crippen LogP contribution in [0.2, 0.25) is 5.02 Å². The van der Waals surface area contributed by atoms with Crippen LogP contribution in [0.1, 0.15) is 31.7 Å². The van der Waals surface area contributed by atoms with Crippen LogP contribution in [-0.4, -0.2) is 19.7 Å². The van der Waals surface area contributed by atoms with Crippen LogP contribution in [0.4, 0.5) is 0 Å². The maximum Gasteiger partial charge on any atom is 0.0717 e. The topological polar surface area (TPSA) is 21.3 Å². The molecule has 0 unspecified atom stereocenters. The van der Waals surface area contributed by atoms with Crippen molar-refractivity contribution in [2.75, 3.05) is 19.7 Å². The van der Waals surface area contributed by atoms with Crippen LogP contribution in [-0.2, 0) is 11.3 Å². The van der Waals surface area contributed by atoms with E-state index in [0.29, 0.717) is 6.61 Å². The Kier molecular flexibility index (Phi) is 8.06. The van der Waals surface area contributed by atoms with Crippen LogP contribution in [0.3, 0.4) is 0 Å². The Morgan fingerprint density at radius 1 is 1.12 bits per heavy atom. The van der Waals surface area contributed by atoms with Gasteiger partial charge in [-0.1, -0.05) is 43.5 Å². The van der Waals surface area contributed by atoms with Gasteiger partial charge in [-0.25, -0.2) is 0 Å². The van der Waals surface area contributed by atoms with Crippen molar-refractivity contribution < 1.29 is 4.74 Å². The normalized spacial score (nSPS) is 10.7. The molecule has 0 aliphatic rings. The second-order valence-electron chi connectivity index (χ2n) is 4.14. The van der Waals surface area contributed by atoms with Crippen molar-refractivity contribution in [3.05, 3.63) is 34.9 Å². The predicted octanol–water partition coefficient (Wildman–Crippen LogP) is 3.64. The third-order valence-corrected chi connectivity index (χ3v) is 2.81. The van der Waals surface area contributed by atoms with Gasteiger partial charge in [0.2, 0.25) is 0 Å². The molecule has 0 aliphatic carbocycles. The zero-order chi connectivity index (χ0) is 12.3. The molecule has 0 spiro atoms. The molecule has 0 atom stereocenters. The number of rotatable bonds is 9. The van der Waals surface area contributed by atoms with Gasteiger partial charge >= 0.3 is 0 Å². The highest BCUT2D eigenvalue weighted by molar-refractivity contribution is 6.30. The molecule has 1 rings (SSSR count). The van der Waals surface area contributed by atoms with Gasteiger partial charge in [0.1, 0.15) is 0 Å². The van der Waals surface area contributed by atoms with Gasteiger partial charge in [-0.15, -0.1) is 0 Å². The summed E-state index contributed by atoms with van der Waals surface area (Å²) < 4.78 is 5.56. The van der Waals surface area contributed by atoms with E-state index >= 15 is 0 Å². The van der Waals surface area contributed by atoms with Gasteiger partial charge in [-0.2, -0.15) is 0 Å². The molecule has 0 bridgehead atoms. The minimum Gasteiger partial charge on any atom is -0.375 e. The summed E-state index contributed by atoms with van der Waals surface area (Å²) in [6.07, 6.45) is 3.83.